The zero-order chi connectivity index (χ0) is 19.7. The Morgan fingerprint density at radius 3 is 1.32 bits per heavy atom. The van der Waals surface area contributed by atoms with E-state index in [0.29, 0.717) is 0 Å². The number of benzene rings is 2. The first-order valence-electron chi connectivity index (χ1n) is 9.58. The number of aryl methyl sites for hydroxylation is 4. The molecule has 0 saturated heterocycles. The van der Waals surface area contributed by atoms with Gasteiger partial charge in [-0.15, -0.1) is 0 Å². The van der Waals surface area contributed by atoms with Gasteiger partial charge in [0.2, 0.25) is 0 Å². The first-order chi connectivity index (χ1) is 13.5. The molecule has 0 N–H and O–H groups in total. The molecule has 2 aromatic carbocycles. The molecule has 2 heteroatoms. The zero-order valence-electron chi connectivity index (χ0n) is 16.8. The Balaban J connectivity index is 1.61. The fourth-order valence-corrected chi connectivity index (χ4v) is 3.72. The molecule has 4 aromatic rings. The topological polar surface area (TPSA) is 25.8 Å². The molecular weight excluding hydrogens is 340 g/mol. The highest BCUT2D eigenvalue weighted by Crippen LogP contribution is 2.26. The van der Waals surface area contributed by atoms with Crippen molar-refractivity contribution in [3.8, 4) is 33.6 Å². The fraction of sp³-hybridized carbons (Fsp3) is 0.154. The van der Waals surface area contributed by atoms with Crippen LogP contribution in [0.3, 0.4) is 0 Å². The fourth-order valence-electron chi connectivity index (χ4n) is 3.72. The van der Waals surface area contributed by atoms with Gasteiger partial charge in [-0.1, -0.05) is 52.6 Å². The second kappa shape index (κ2) is 7.40. The van der Waals surface area contributed by atoms with Crippen LogP contribution >= 0.6 is 0 Å². The SMILES string of the molecule is Cc1cc(C)cc(-c2ccc(-c3ccc(-c4cc(C)cc(C)c4)nc3)nc2)c1. The monoisotopic (exact) mass is 364 g/mol. The lowest BCUT2D eigenvalue weighted by atomic mass is 10.0. The number of rotatable bonds is 3. The second-order valence-corrected chi connectivity index (χ2v) is 7.62. The average molecular weight is 364 g/mol. The van der Waals surface area contributed by atoms with Crippen LogP contribution in [0.4, 0.5) is 0 Å². The smallest absolute Gasteiger partial charge is 0.0717 e. The van der Waals surface area contributed by atoms with Gasteiger partial charge in [-0.05, 0) is 63.6 Å². The van der Waals surface area contributed by atoms with Gasteiger partial charge < -0.3 is 0 Å². The Kier molecular flexibility index (Phi) is 4.79. The molecule has 2 heterocycles. The van der Waals surface area contributed by atoms with Crippen LogP contribution in [0.1, 0.15) is 22.3 Å². The van der Waals surface area contributed by atoms with Crippen molar-refractivity contribution in [1.29, 1.82) is 0 Å². The highest BCUT2D eigenvalue weighted by Gasteiger charge is 2.06. The van der Waals surface area contributed by atoms with Gasteiger partial charge in [-0.25, -0.2) is 0 Å². The summed E-state index contributed by atoms with van der Waals surface area (Å²) in [5, 5.41) is 0. The van der Waals surface area contributed by atoms with Gasteiger partial charge in [0.05, 0.1) is 11.4 Å². The standard InChI is InChI=1S/C26H24N2/c1-17-9-18(2)12-23(11-17)21-5-7-25(27-15-21)22-6-8-26(28-16-22)24-13-19(3)10-20(4)14-24/h5-16H,1-4H3. The van der Waals surface area contributed by atoms with E-state index < -0.39 is 0 Å². The highest BCUT2D eigenvalue weighted by atomic mass is 14.7. The Hall–Kier alpha value is -3.26. The molecule has 0 aliphatic heterocycles. The van der Waals surface area contributed by atoms with E-state index >= 15 is 0 Å². The van der Waals surface area contributed by atoms with E-state index in [1.54, 1.807) is 0 Å². The van der Waals surface area contributed by atoms with Crippen LogP contribution in [0.15, 0.2) is 73.1 Å². The first-order valence-corrected chi connectivity index (χ1v) is 9.58. The molecule has 0 amide bonds. The molecule has 0 aliphatic carbocycles. The van der Waals surface area contributed by atoms with Crippen molar-refractivity contribution in [2.45, 2.75) is 27.7 Å². The van der Waals surface area contributed by atoms with E-state index in [-0.39, 0.29) is 0 Å². The Morgan fingerprint density at radius 2 is 0.857 bits per heavy atom. The summed E-state index contributed by atoms with van der Waals surface area (Å²) in [6.45, 7) is 8.49. The van der Waals surface area contributed by atoms with Gasteiger partial charge in [0.1, 0.15) is 0 Å². The van der Waals surface area contributed by atoms with Crippen LogP contribution in [0, 0.1) is 27.7 Å². The molecule has 0 saturated carbocycles. The Labute approximate surface area is 167 Å². The number of hydrogen-bond acceptors (Lipinski definition) is 2. The molecule has 2 aromatic heterocycles. The predicted octanol–water partition coefficient (Wildman–Crippen LogP) is 6.71. The van der Waals surface area contributed by atoms with Crippen LogP contribution in [0.25, 0.3) is 33.6 Å². The summed E-state index contributed by atoms with van der Waals surface area (Å²) in [5.74, 6) is 0. The summed E-state index contributed by atoms with van der Waals surface area (Å²) in [5.41, 5.74) is 11.5. The van der Waals surface area contributed by atoms with Crippen molar-refractivity contribution < 1.29 is 0 Å². The van der Waals surface area contributed by atoms with Crippen molar-refractivity contribution in [3.63, 3.8) is 0 Å². The van der Waals surface area contributed by atoms with E-state index in [4.69, 9.17) is 0 Å². The maximum absolute atomic E-state index is 4.68. The van der Waals surface area contributed by atoms with Crippen LogP contribution in [-0.2, 0) is 0 Å². The van der Waals surface area contributed by atoms with Crippen LogP contribution in [-0.4, -0.2) is 9.97 Å². The molecule has 0 fully saturated rings. The summed E-state index contributed by atoms with van der Waals surface area (Å²) in [7, 11) is 0. The Bertz CT molecular complexity index is 991. The maximum atomic E-state index is 4.68. The van der Waals surface area contributed by atoms with Crippen LogP contribution in [0.5, 0.6) is 0 Å². The van der Waals surface area contributed by atoms with E-state index in [2.05, 4.69) is 98.3 Å². The molecule has 0 bridgehead atoms. The van der Waals surface area contributed by atoms with Crippen molar-refractivity contribution >= 4 is 0 Å². The van der Waals surface area contributed by atoms with E-state index in [9.17, 15) is 0 Å². The molecule has 0 radical (unpaired) electrons. The lowest BCUT2D eigenvalue weighted by Gasteiger charge is -2.08. The van der Waals surface area contributed by atoms with Crippen molar-refractivity contribution in [2.75, 3.05) is 0 Å². The largest absolute Gasteiger partial charge is 0.256 e. The third-order valence-electron chi connectivity index (χ3n) is 4.90. The van der Waals surface area contributed by atoms with Crippen LogP contribution < -0.4 is 0 Å². The lowest BCUT2D eigenvalue weighted by molar-refractivity contribution is 1.27. The summed E-state index contributed by atoms with van der Waals surface area (Å²) < 4.78 is 0. The minimum atomic E-state index is 0.938. The van der Waals surface area contributed by atoms with E-state index in [1.807, 2.05) is 12.4 Å². The van der Waals surface area contributed by atoms with Gasteiger partial charge >= 0.3 is 0 Å². The molecular formula is C26H24N2. The predicted molar refractivity (Wildman–Crippen MR) is 117 cm³/mol. The molecule has 0 aliphatic rings. The van der Waals surface area contributed by atoms with Gasteiger partial charge in [-0.3, -0.25) is 9.97 Å². The minimum absolute atomic E-state index is 0.938. The highest BCUT2D eigenvalue weighted by molar-refractivity contribution is 5.69. The summed E-state index contributed by atoms with van der Waals surface area (Å²) in [4.78, 5) is 9.35. The molecule has 28 heavy (non-hydrogen) atoms. The zero-order valence-corrected chi connectivity index (χ0v) is 16.8. The minimum Gasteiger partial charge on any atom is -0.256 e. The molecule has 0 atom stereocenters. The first kappa shape index (κ1) is 18.1. The second-order valence-electron chi connectivity index (χ2n) is 7.62. The quantitative estimate of drug-likeness (QED) is 0.404. The van der Waals surface area contributed by atoms with Crippen molar-refractivity contribution in [3.05, 3.63) is 95.3 Å². The molecule has 4 rings (SSSR count). The molecule has 0 spiro atoms. The number of hydrogen-bond donors (Lipinski definition) is 0. The maximum Gasteiger partial charge on any atom is 0.0717 e. The average Bonchev–Trinajstić information content (AvgIpc) is 2.67. The van der Waals surface area contributed by atoms with E-state index in [0.717, 1.165) is 28.1 Å². The summed E-state index contributed by atoms with van der Waals surface area (Å²) >= 11 is 0. The summed E-state index contributed by atoms with van der Waals surface area (Å²) in [6.07, 6.45) is 3.85. The third kappa shape index (κ3) is 3.86. The Morgan fingerprint density at radius 1 is 0.429 bits per heavy atom. The van der Waals surface area contributed by atoms with Gasteiger partial charge in [-0.2, -0.15) is 0 Å². The summed E-state index contributed by atoms with van der Waals surface area (Å²) in [6, 6.07) is 21.5. The lowest BCUT2D eigenvalue weighted by Crippen LogP contribution is -1.90. The number of aromatic nitrogens is 2. The number of pyridine rings is 2. The molecule has 0 unspecified atom stereocenters. The van der Waals surface area contributed by atoms with Gasteiger partial charge in [0, 0.05) is 29.1 Å². The number of nitrogens with zero attached hydrogens (tertiary/aromatic N) is 2. The molecule has 138 valence electrons. The van der Waals surface area contributed by atoms with Crippen molar-refractivity contribution in [2.24, 2.45) is 0 Å². The molecule has 2 nitrogen and oxygen atoms in total. The van der Waals surface area contributed by atoms with E-state index in [1.165, 1.54) is 27.8 Å². The normalized spacial score (nSPS) is 10.9. The van der Waals surface area contributed by atoms with Crippen LogP contribution in [0.2, 0.25) is 0 Å². The van der Waals surface area contributed by atoms with Gasteiger partial charge in [0.25, 0.3) is 0 Å². The van der Waals surface area contributed by atoms with Gasteiger partial charge in [0.15, 0.2) is 0 Å². The third-order valence-corrected chi connectivity index (χ3v) is 4.90. The van der Waals surface area contributed by atoms with Crippen molar-refractivity contribution in [1.82, 2.24) is 9.97 Å².